The van der Waals surface area contributed by atoms with Crippen LogP contribution in [0.25, 0.3) is 0 Å². The van der Waals surface area contributed by atoms with Gasteiger partial charge in [-0.25, -0.2) is 0 Å². The van der Waals surface area contributed by atoms with Crippen molar-refractivity contribution in [3.8, 4) is 0 Å². The van der Waals surface area contributed by atoms with Gasteiger partial charge in [0.2, 0.25) is 0 Å². The Bertz CT molecular complexity index is 148. The molecule has 1 heterocycles. The first kappa shape index (κ1) is 6.29. The molecule has 3 nitrogen and oxygen atoms in total. The topological polar surface area (TPSA) is 37.9 Å². The average Bonchev–Trinajstić information content (AvgIpc) is 2.34. The van der Waals surface area contributed by atoms with Gasteiger partial charge in [0.05, 0.1) is 12.3 Å². The van der Waals surface area contributed by atoms with Crippen LogP contribution in [0.3, 0.4) is 0 Å². The van der Waals surface area contributed by atoms with E-state index in [1.807, 2.05) is 0 Å². The Morgan fingerprint density at radius 3 is 3.33 bits per heavy atom. The summed E-state index contributed by atoms with van der Waals surface area (Å²) in [5.74, 6) is 0. The van der Waals surface area contributed by atoms with Crippen LogP contribution in [0.4, 0.5) is 0 Å². The molecule has 3 heteroatoms. The summed E-state index contributed by atoms with van der Waals surface area (Å²) in [6.07, 6.45) is 2.52. The number of hydrogen-bond donors (Lipinski definition) is 1. The fraction of sp³-hybridized carbons (Fsp3) is 0.500. The highest BCUT2D eigenvalue weighted by Crippen LogP contribution is 1.90. The average molecular weight is 125 g/mol. The minimum absolute atomic E-state index is 0.710. The molecule has 0 saturated carbocycles. The number of hydrogen-bond acceptors (Lipinski definition) is 2. The fourth-order valence-corrected chi connectivity index (χ4v) is 0.585. The molecule has 0 spiro atoms. The molecule has 1 aromatic heterocycles. The van der Waals surface area contributed by atoms with Crippen LogP contribution in [0, 0.1) is 6.07 Å². The lowest BCUT2D eigenvalue weighted by Gasteiger charge is -1.91. The molecule has 0 saturated heterocycles. The number of nitrogens with zero attached hydrogens (tertiary/aromatic N) is 1. The molecule has 0 amide bonds. The zero-order valence-corrected chi connectivity index (χ0v) is 5.35. The number of aromatic amines is 1. The Kier molecular flexibility index (Phi) is 2.27. The zero-order valence-electron chi connectivity index (χ0n) is 5.35. The zero-order chi connectivity index (χ0) is 6.53. The number of aromatic nitrogens is 2. The second kappa shape index (κ2) is 3.25. The van der Waals surface area contributed by atoms with E-state index in [1.54, 1.807) is 13.3 Å². The lowest BCUT2D eigenvalue weighted by Crippen LogP contribution is -1.94. The Hall–Kier alpha value is -0.830. The van der Waals surface area contributed by atoms with Gasteiger partial charge in [-0.3, -0.25) is 5.10 Å². The van der Waals surface area contributed by atoms with Crippen LogP contribution in [0.2, 0.25) is 0 Å². The molecule has 0 fully saturated rings. The van der Waals surface area contributed by atoms with E-state index < -0.39 is 0 Å². The van der Waals surface area contributed by atoms with E-state index in [4.69, 9.17) is 4.74 Å². The molecular weight excluding hydrogens is 116 g/mol. The van der Waals surface area contributed by atoms with Crippen LogP contribution in [-0.4, -0.2) is 23.9 Å². The normalized spacial score (nSPS) is 9.89. The maximum Gasteiger partial charge on any atom is 0.0724 e. The summed E-state index contributed by atoms with van der Waals surface area (Å²) < 4.78 is 4.84. The van der Waals surface area contributed by atoms with Crippen LogP contribution in [0.5, 0.6) is 0 Å². The maximum atomic E-state index is 4.84. The molecule has 1 aromatic rings. The van der Waals surface area contributed by atoms with Gasteiger partial charge in [-0.15, -0.1) is 0 Å². The highest BCUT2D eigenvalue weighted by atomic mass is 16.5. The van der Waals surface area contributed by atoms with Gasteiger partial charge >= 0.3 is 0 Å². The summed E-state index contributed by atoms with van der Waals surface area (Å²) in [5.41, 5.74) is 0.928. The standard InChI is InChI=1S/C6H9N2O/c1-9-5-3-6-2-4-7-8-6/h4H,3,5H2,1H3,(H,7,8). The third-order valence-electron chi connectivity index (χ3n) is 1.05. The van der Waals surface area contributed by atoms with E-state index >= 15 is 0 Å². The Labute approximate surface area is 54.0 Å². The van der Waals surface area contributed by atoms with Crippen molar-refractivity contribution in [2.24, 2.45) is 0 Å². The molecule has 0 aromatic carbocycles. The molecule has 1 N–H and O–H groups in total. The van der Waals surface area contributed by atoms with E-state index in [1.165, 1.54) is 0 Å². The number of nitrogens with one attached hydrogen (secondary N) is 1. The second-order valence-electron chi connectivity index (χ2n) is 1.72. The molecule has 1 rings (SSSR count). The molecule has 0 aliphatic rings. The van der Waals surface area contributed by atoms with Crippen LogP contribution >= 0.6 is 0 Å². The van der Waals surface area contributed by atoms with Gasteiger partial charge in [-0.05, 0) is 0 Å². The molecule has 0 aliphatic carbocycles. The molecule has 0 atom stereocenters. The third-order valence-corrected chi connectivity index (χ3v) is 1.05. The van der Waals surface area contributed by atoms with Gasteiger partial charge in [0.1, 0.15) is 0 Å². The maximum absolute atomic E-state index is 4.84. The number of rotatable bonds is 3. The molecule has 1 radical (unpaired) electrons. The van der Waals surface area contributed by atoms with Crippen LogP contribution in [-0.2, 0) is 11.2 Å². The number of methoxy groups -OCH3 is 1. The molecule has 0 aliphatic heterocycles. The summed E-state index contributed by atoms with van der Waals surface area (Å²) in [6, 6.07) is 2.93. The van der Waals surface area contributed by atoms with E-state index in [2.05, 4.69) is 16.3 Å². The number of ether oxygens (including phenoxy) is 1. The Morgan fingerprint density at radius 1 is 1.89 bits per heavy atom. The first-order valence-electron chi connectivity index (χ1n) is 2.83. The largest absolute Gasteiger partial charge is 0.384 e. The summed E-state index contributed by atoms with van der Waals surface area (Å²) in [7, 11) is 1.67. The van der Waals surface area contributed by atoms with Gasteiger partial charge in [0.15, 0.2) is 0 Å². The van der Waals surface area contributed by atoms with Gasteiger partial charge in [-0.1, -0.05) is 0 Å². The van der Waals surface area contributed by atoms with Crippen LogP contribution in [0.15, 0.2) is 6.20 Å². The van der Waals surface area contributed by atoms with Gasteiger partial charge in [0.25, 0.3) is 0 Å². The predicted molar refractivity (Wildman–Crippen MR) is 33.0 cm³/mol. The van der Waals surface area contributed by atoms with Crippen molar-refractivity contribution in [1.82, 2.24) is 10.2 Å². The van der Waals surface area contributed by atoms with Crippen molar-refractivity contribution >= 4 is 0 Å². The van der Waals surface area contributed by atoms with Gasteiger partial charge in [0, 0.05) is 25.8 Å². The second-order valence-corrected chi connectivity index (χ2v) is 1.72. The lowest BCUT2D eigenvalue weighted by atomic mass is 10.3. The summed E-state index contributed by atoms with van der Waals surface area (Å²) in [4.78, 5) is 0. The van der Waals surface area contributed by atoms with E-state index in [0.717, 1.165) is 12.1 Å². The summed E-state index contributed by atoms with van der Waals surface area (Å²) >= 11 is 0. The SMILES string of the molecule is COCCc1[c]c[nH]n1. The first-order chi connectivity index (χ1) is 4.43. The lowest BCUT2D eigenvalue weighted by molar-refractivity contribution is 0.201. The molecule has 9 heavy (non-hydrogen) atoms. The molecule has 0 bridgehead atoms. The Balaban J connectivity index is 2.30. The number of H-pyrrole nitrogens is 1. The molecule has 0 unspecified atom stereocenters. The van der Waals surface area contributed by atoms with E-state index in [0.29, 0.717) is 6.61 Å². The minimum Gasteiger partial charge on any atom is -0.384 e. The smallest absolute Gasteiger partial charge is 0.0724 e. The molecule has 49 valence electrons. The van der Waals surface area contributed by atoms with Crippen molar-refractivity contribution in [3.05, 3.63) is 18.0 Å². The van der Waals surface area contributed by atoms with Gasteiger partial charge in [-0.2, -0.15) is 5.10 Å². The minimum atomic E-state index is 0.710. The monoisotopic (exact) mass is 125 g/mol. The summed E-state index contributed by atoms with van der Waals surface area (Å²) in [6.45, 7) is 0.710. The third kappa shape index (κ3) is 1.85. The quantitative estimate of drug-likeness (QED) is 0.635. The van der Waals surface area contributed by atoms with Crippen molar-refractivity contribution in [2.75, 3.05) is 13.7 Å². The van der Waals surface area contributed by atoms with E-state index in [-0.39, 0.29) is 0 Å². The fourth-order valence-electron chi connectivity index (χ4n) is 0.585. The highest BCUT2D eigenvalue weighted by molar-refractivity contribution is 4.94. The van der Waals surface area contributed by atoms with Crippen LogP contribution < -0.4 is 0 Å². The first-order valence-corrected chi connectivity index (χ1v) is 2.83. The van der Waals surface area contributed by atoms with Crippen molar-refractivity contribution in [3.63, 3.8) is 0 Å². The highest BCUT2D eigenvalue weighted by Gasteiger charge is 1.91. The summed E-state index contributed by atoms with van der Waals surface area (Å²) in [5, 5.41) is 6.57. The Morgan fingerprint density at radius 2 is 2.78 bits per heavy atom. The van der Waals surface area contributed by atoms with Crippen molar-refractivity contribution in [2.45, 2.75) is 6.42 Å². The molecular formula is C6H9N2O. The van der Waals surface area contributed by atoms with Crippen LogP contribution in [0.1, 0.15) is 5.69 Å². The van der Waals surface area contributed by atoms with E-state index in [9.17, 15) is 0 Å². The predicted octanol–water partition coefficient (Wildman–Crippen LogP) is 0.399. The van der Waals surface area contributed by atoms with Gasteiger partial charge < -0.3 is 4.74 Å². The van der Waals surface area contributed by atoms with Crippen molar-refractivity contribution < 1.29 is 4.74 Å². The van der Waals surface area contributed by atoms with Crippen molar-refractivity contribution in [1.29, 1.82) is 0 Å².